The lowest BCUT2D eigenvalue weighted by Gasteiger charge is -2.19. The predicted molar refractivity (Wildman–Crippen MR) is 76.3 cm³/mol. The second-order valence-corrected chi connectivity index (χ2v) is 5.14. The first-order valence-corrected chi connectivity index (χ1v) is 6.66. The summed E-state index contributed by atoms with van der Waals surface area (Å²) in [4.78, 5) is 0. The van der Waals surface area contributed by atoms with Gasteiger partial charge in [-0.15, -0.1) is 0 Å². The van der Waals surface area contributed by atoms with E-state index in [1.165, 1.54) is 25.1 Å². The zero-order chi connectivity index (χ0) is 15.6. The largest absolute Gasteiger partial charge is 0.271 e. The van der Waals surface area contributed by atoms with Gasteiger partial charge in [0.2, 0.25) is 0 Å². The number of halogens is 4. The fourth-order valence-electron chi connectivity index (χ4n) is 2.13. The van der Waals surface area contributed by atoms with Crippen LogP contribution >= 0.6 is 11.6 Å². The van der Waals surface area contributed by atoms with Crippen molar-refractivity contribution in [1.82, 2.24) is 5.43 Å². The Labute approximate surface area is 125 Å². The maximum absolute atomic E-state index is 13.9. The first-order valence-electron chi connectivity index (χ1n) is 6.28. The molecule has 0 saturated heterocycles. The first-order chi connectivity index (χ1) is 9.93. The monoisotopic (exact) mass is 314 g/mol. The molecule has 1 unspecified atom stereocenters. The zero-order valence-corrected chi connectivity index (χ0v) is 12.0. The third-order valence-corrected chi connectivity index (χ3v) is 3.73. The molecule has 0 aromatic heterocycles. The van der Waals surface area contributed by atoms with Gasteiger partial charge in [-0.1, -0.05) is 23.7 Å². The maximum atomic E-state index is 13.9. The van der Waals surface area contributed by atoms with Crippen LogP contribution < -0.4 is 11.3 Å². The van der Waals surface area contributed by atoms with Gasteiger partial charge in [-0.2, -0.15) is 0 Å². The van der Waals surface area contributed by atoms with Gasteiger partial charge < -0.3 is 0 Å². The summed E-state index contributed by atoms with van der Waals surface area (Å²) in [5.41, 5.74) is 3.45. The Bertz CT molecular complexity index is 662. The third kappa shape index (κ3) is 3.37. The van der Waals surface area contributed by atoms with Crippen LogP contribution in [0.4, 0.5) is 13.2 Å². The van der Waals surface area contributed by atoms with Crippen molar-refractivity contribution in [2.75, 3.05) is 0 Å². The lowest BCUT2D eigenvalue weighted by molar-refractivity contribution is 0.499. The molecule has 112 valence electrons. The molecule has 0 radical (unpaired) electrons. The van der Waals surface area contributed by atoms with Crippen molar-refractivity contribution in [3.8, 4) is 0 Å². The third-order valence-electron chi connectivity index (χ3n) is 3.31. The molecular formula is C15H14ClF3N2. The van der Waals surface area contributed by atoms with Gasteiger partial charge in [0.1, 0.15) is 17.5 Å². The van der Waals surface area contributed by atoms with Crippen molar-refractivity contribution < 1.29 is 13.2 Å². The number of hydrazine groups is 1. The van der Waals surface area contributed by atoms with E-state index in [0.29, 0.717) is 11.1 Å². The average Bonchev–Trinajstić information content (AvgIpc) is 2.45. The maximum Gasteiger partial charge on any atom is 0.142 e. The Morgan fingerprint density at radius 2 is 1.86 bits per heavy atom. The molecule has 0 aliphatic carbocycles. The Hall–Kier alpha value is -1.56. The molecule has 0 spiro atoms. The Kier molecular flexibility index (Phi) is 4.88. The fourth-order valence-corrected chi connectivity index (χ4v) is 2.33. The number of hydrogen-bond acceptors (Lipinski definition) is 2. The van der Waals surface area contributed by atoms with E-state index in [9.17, 15) is 13.2 Å². The summed E-state index contributed by atoms with van der Waals surface area (Å²) in [6.45, 7) is 1.53. The van der Waals surface area contributed by atoms with Gasteiger partial charge in [0.05, 0.1) is 11.1 Å². The Morgan fingerprint density at radius 3 is 2.52 bits per heavy atom. The van der Waals surface area contributed by atoms with Crippen LogP contribution in [-0.2, 0) is 6.42 Å². The highest BCUT2D eigenvalue weighted by molar-refractivity contribution is 6.31. The summed E-state index contributed by atoms with van der Waals surface area (Å²) in [6, 6.07) is 5.91. The van der Waals surface area contributed by atoms with Crippen molar-refractivity contribution in [3.63, 3.8) is 0 Å². The van der Waals surface area contributed by atoms with E-state index in [2.05, 4.69) is 5.43 Å². The van der Waals surface area contributed by atoms with Gasteiger partial charge in [-0.05, 0) is 36.6 Å². The molecule has 0 saturated carbocycles. The quantitative estimate of drug-likeness (QED) is 0.665. The molecule has 2 aromatic rings. The fraction of sp³-hybridized carbons (Fsp3) is 0.200. The number of aryl methyl sites for hydroxylation is 1. The molecule has 0 amide bonds. The number of nitrogens with two attached hydrogens (primary N) is 1. The van der Waals surface area contributed by atoms with E-state index in [-0.39, 0.29) is 17.0 Å². The smallest absolute Gasteiger partial charge is 0.142 e. The number of benzene rings is 2. The van der Waals surface area contributed by atoms with Gasteiger partial charge in [0, 0.05) is 11.6 Å². The summed E-state index contributed by atoms with van der Waals surface area (Å²) in [5.74, 6) is 3.55. The summed E-state index contributed by atoms with van der Waals surface area (Å²) in [6.07, 6.45) is 0.176. The SMILES string of the molecule is Cc1cc(C(Cc2cccc(F)c2Cl)NN)c(F)cc1F. The summed E-state index contributed by atoms with van der Waals surface area (Å²) in [7, 11) is 0. The van der Waals surface area contributed by atoms with Crippen molar-refractivity contribution in [2.24, 2.45) is 5.84 Å². The van der Waals surface area contributed by atoms with E-state index in [0.717, 1.165) is 6.07 Å². The molecule has 1 atom stereocenters. The molecule has 6 heteroatoms. The van der Waals surface area contributed by atoms with Crippen LogP contribution in [0.2, 0.25) is 5.02 Å². The standard InChI is InChI=1S/C15H14ClF3N2/c1-8-5-10(13(19)7-12(8)18)14(21-20)6-9-3-2-4-11(17)15(9)16/h2-5,7,14,21H,6,20H2,1H3. The predicted octanol–water partition coefficient (Wildman–Crippen LogP) is 3.81. The summed E-state index contributed by atoms with van der Waals surface area (Å²) >= 11 is 5.88. The number of nitrogens with one attached hydrogen (secondary N) is 1. The van der Waals surface area contributed by atoms with Crippen LogP contribution in [-0.4, -0.2) is 0 Å². The molecule has 2 aromatic carbocycles. The molecule has 0 heterocycles. The molecule has 21 heavy (non-hydrogen) atoms. The molecule has 0 aliphatic rings. The zero-order valence-electron chi connectivity index (χ0n) is 11.3. The normalized spacial score (nSPS) is 12.5. The van der Waals surface area contributed by atoms with Gasteiger partial charge in [0.25, 0.3) is 0 Å². The van der Waals surface area contributed by atoms with Crippen molar-refractivity contribution in [2.45, 2.75) is 19.4 Å². The minimum Gasteiger partial charge on any atom is -0.271 e. The lowest BCUT2D eigenvalue weighted by Crippen LogP contribution is -2.30. The highest BCUT2D eigenvalue weighted by Crippen LogP contribution is 2.27. The highest BCUT2D eigenvalue weighted by atomic mass is 35.5. The molecule has 0 aliphatic heterocycles. The average molecular weight is 315 g/mol. The van der Waals surface area contributed by atoms with Gasteiger partial charge in [-0.25, -0.2) is 13.2 Å². The Morgan fingerprint density at radius 1 is 1.14 bits per heavy atom. The van der Waals surface area contributed by atoms with Crippen molar-refractivity contribution in [3.05, 3.63) is 69.5 Å². The van der Waals surface area contributed by atoms with Crippen LogP contribution in [0.1, 0.15) is 22.7 Å². The van der Waals surface area contributed by atoms with Gasteiger partial charge in [0.15, 0.2) is 0 Å². The second-order valence-electron chi connectivity index (χ2n) is 4.76. The van der Waals surface area contributed by atoms with Crippen LogP contribution in [0.5, 0.6) is 0 Å². The highest BCUT2D eigenvalue weighted by Gasteiger charge is 2.19. The Balaban J connectivity index is 2.37. The number of rotatable bonds is 4. The molecule has 2 nitrogen and oxygen atoms in total. The minimum atomic E-state index is -0.714. The molecule has 0 bridgehead atoms. The number of hydrogen-bond donors (Lipinski definition) is 2. The van der Waals surface area contributed by atoms with Crippen molar-refractivity contribution in [1.29, 1.82) is 0 Å². The first kappa shape index (κ1) is 15.8. The van der Waals surface area contributed by atoms with Gasteiger partial charge in [-0.3, -0.25) is 11.3 Å². The van der Waals surface area contributed by atoms with Crippen molar-refractivity contribution >= 4 is 11.6 Å². The lowest BCUT2D eigenvalue weighted by atomic mass is 9.97. The topological polar surface area (TPSA) is 38.0 Å². The molecular weight excluding hydrogens is 301 g/mol. The second kappa shape index (κ2) is 6.47. The van der Waals surface area contributed by atoms with E-state index in [1.807, 2.05) is 0 Å². The van der Waals surface area contributed by atoms with E-state index in [4.69, 9.17) is 17.4 Å². The van der Waals surface area contributed by atoms with Gasteiger partial charge >= 0.3 is 0 Å². The van der Waals surface area contributed by atoms with Crippen LogP contribution in [0.25, 0.3) is 0 Å². The molecule has 0 fully saturated rings. The van der Waals surface area contributed by atoms with E-state index in [1.54, 1.807) is 6.07 Å². The van der Waals surface area contributed by atoms with Crippen LogP contribution in [0.3, 0.4) is 0 Å². The summed E-state index contributed by atoms with van der Waals surface area (Å²) < 4.78 is 40.6. The van der Waals surface area contributed by atoms with E-state index >= 15 is 0 Å². The molecule has 3 N–H and O–H groups in total. The molecule has 2 rings (SSSR count). The van der Waals surface area contributed by atoms with E-state index < -0.39 is 23.5 Å². The minimum absolute atomic E-state index is 0.0306. The van der Waals surface area contributed by atoms with Crippen LogP contribution in [0, 0.1) is 24.4 Å². The van der Waals surface area contributed by atoms with Crippen LogP contribution in [0.15, 0.2) is 30.3 Å². The summed E-state index contributed by atoms with van der Waals surface area (Å²) in [5, 5.41) is -0.0306.